The summed E-state index contributed by atoms with van der Waals surface area (Å²) in [6.45, 7) is 0. The first-order chi connectivity index (χ1) is 13.0. The third-order valence-corrected chi connectivity index (χ3v) is 7.11. The Morgan fingerprint density at radius 3 is 2.56 bits per heavy atom. The average Bonchev–Trinajstić information content (AvgIpc) is 3.31. The summed E-state index contributed by atoms with van der Waals surface area (Å²) >= 11 is 1.18. The van der Waals surface area contributed by atoms with E-state index < -0.39 is 10.0 Å². The number of sulfonamides is 1. The number of anilines is 1. The molecule has 4 rings (SSSR count). The summed E-state index contributed by atoms with van der Waals surface area (Å²) in [5.74, 6) is 0. The van der Waals surface area contributed by atoms with Crippen molar-refractivity contribution in [1.82, 2.24) is 4.57 Å². The molecule has 2 aromatic carbocycles. The number of hydrogen-bond donors (Lipinski definition) is 1. The summed E-state index contributed by atoms with van der Waals surface area (Å²) in [5, 5.41) is 11.7. The van der Waals surface area contributed by atoms with Gasteiger partial charge in [-0.05, 0) is 41.3 Å². The maximum atomic E-state index is 12.4. The fourth-order valence-electron chi connectivity index (χ4n) is 3.02. The zero-order chi connectivity index (χ0) is 19.0. The number of rotatable bonds is 4. The van der Waals surface area contributed by atoms with Crippen LogP contribution in [-0.4, -0.2) is 13.0 Å². The number of nitriles is 1. The largest absolute Gasteiger partial charge is 0.350 e. The zero-order valence-corrected chi connectivity index (χ0v) is 16.0. The predicted octanol–water partition coefficient (Wildman–Crippen LogP) is 4.58. The minimum Gasteiger partial charge on any atom is -0.350 e. The first-order valence-electron chi connectivity index (χ1n) is 8.14. The molecule has 134 valence electrons. The Morgan fingerprint density at radius 2 is 1.89 bits per heavy atom. The molecular weight excluding hydrogens is 378 g/mol. The second-order valence-electron chi connectivity index (χ2n) is 6.11. The summed E-state index contributed by atoms with van der Waals surface area (Å²) in [4.78, 5) is 0. The molecule has 2 heterocycles. The van der Waals surface area contributed by atoms with E-state index in [1.807, 2.05) is 42.1 Å². The van der Waals surface area contributed by atoms with E-state index in [9.17, 15) is 8.42 Å². The number of nitrogens with zero attached hydrogens (tertiary/aromatic N) is 2. The molecule has 0 aliphatic heterocycles. The Balaban J connectivity index is 1.74. The predicted molar refractivity (Wildman–Crippen MR) is 108 cm³/mol. The third-order valence-electron chi connectivity index (χ3n) is 4.33. The van der Waals surface area contributed by atoms with Crippen molar-refractivity contribution in [2.45, 2.75) is 4.21 Å². The fraction of sp³-hybridized carbons (Fsp3) is 0.0500. The summed E-state index contributed by atoms with van der Waals surface area (Å²) < 4.78 is 29.8. The molecule has 0 radical (unpaired) electrons. The summed E-state index contributed by atoms with van der Waals surface area (Å²) in [6.07, 6.45) is 2.00. The second kappa shape index (κ2) is 6.58. The standard InChI is InChI=1S/C20H15N3O2S2/c1-23-13-18(15-6-4-14(12-21)5-7-15)17-9-8-16(11-19(17)23)22-27(24,25)20-3-2-10-26-20/h2-11,13,22H,1H3. The summed E-state index contributed by atoms with van der Waals surface area (Å²) in [5.41, 5.74) is 4.09. The van der Waals surface area contributed by atoms with Crippen LogP contribution in [-0.2, 0) is 17.1 Å². The average molecular weight is 393 g/mol. The monoisotopic (exact) mass is 393 g/mol. The Morgan fingerprint density at radius 1 is 1.11 bits per heavy atom. The Labute approximate surface area is 161 Å². The van der Waals surface area contributed by atoms with Crippen molar-refractivity contribution < 1.29 is 8.42 Å². The van der Waals surface area contributed by atoms with E-state index in [0.29, 0.717) is 11.3 Å². The molecule has 0 aliphatic carbocycles. The van der Waals surface area contributed by atoms with Gasteiger partial charge in [-0.1, -0.05) is 24.3 Å². The van der Waals surface area contributed by atoms with Crippen LogP contribution in [0.25, 0.3) is 22.0 Å². The Kier molecular flexibility index (Phi) is 4.22. The van der Waals surface area contributed by atoms with Crippen molar-refractivity contribution >= 4 is 38.0 Å². The molecule has 0 fully saturated rings. The van der Waals surface area contributed by atoms with Crippen LogP contribution in [0.5, 0.6) is 0 Å². The lowest BCUT2D eigenvalue weighted by molar-refractivity contribution is 0.603. The van der Waals surface area contributed by atoms with E-state index >= 15 is 0 Å². The molecule has 2 aromatic heterocycles. The number of fused-ring (bicyclic) bond motifs is 1. The van der Waals surface area contributed by atoms with Crippen molar-refractivity contribution in [3.05, 3.63) is 71.7 Å². The first-order valence-corrected chi connectivity index (χ1v) is 10.5. The van der Waals surface area contributed by atoms with Gasteiger partial charge in [0.15, 0.2) is 0 Å². The molecule has 1 N–H and O–H groups in total. The van der Waals surface area contributed by atoms with Crippen LogP contribution in [0.3, 0.4) is 0 Å². The van der Waals surface area contributed by atoms with Crippen LogP contribution in [0, 0.1) is 11.3 Å². The molecule has 0 bridgehead atoms. The third kappa shape index (κ3) is 3.21. The number of hydrogen-bond acceptors (Lipinski definition) is 4. The second-order valence-corrected chi connectivity index (χ2v) is 8.97. The van der Waals surface area contributed by atoms with Crippen LogP contribution in [0.15, 0.2) is 70.4 Å². The van der Waals surface area contributed by atoms with Gasteiger partial charge in [0.1, 0.15) is 4.21 Å². The van der Waals surface area contributed by atoms with E-state index in [1.165, 1.54) is 11.3 Å². The van der Waals surface area contributed by atoms with Crippen molar-refractivity contribution in [2.75, 3.05) is 4.72 Å². The lowest BCUT2D eigenvalue weighted by Gasteiger charge is -2.07. The smallest absolute Gasteiger partial charge is 0.271 e. The van der Waals surface area contributed by atoms with Gasteiger partial charge in [-0.2, -0.15) is 5.26 Å². The van der Waals surface area contributed by atoms with E-state index in [-0.39, 0.29) is 4.21 Å². The van der Waals surface area contributed by atoms with Crippen LogP contribution < -0.4 is 4.72 Å². The van der Waals surface area contributed by atoms with E-state index in [0.717, 1.165) is 22.0 Å². The van der Waals surface area contributed by atoms with Crippen LogP contribution in [0.4, 0.5) is 5.69 Å². The van der Waals surface area contributed by atoms with Gasteiger partial charge in [0.05, 0.1) is 22.8 Å². The molecule has 4 aromatic rings. The number of benzene rings is 2. The molecule has 0 aliphatic rings. The number of nitrogens with one attached hydrogen (secondary N) is 1. The van der Waals surface area contributed by atoms with Gasteiger partial charge in [-0.15, -0.1) is 11.3 Å². The molecule has 7 heteroatoms. The van der Waals surface area contributed by atoms with Crippen molar-refractivity contribution in [2.24, 2.45) is 7.05 Å². The van der Waals surface area contributed by atoms with Crippen molar-refractivity contribution in [3.8, 4) is 17.2 Å². The van der Waals surface area contributed by atoms with Crippen LogP contribution >= 0.6 is 11.3 Å². The number of thiophene rings is 1. The highest BCUT2D eigenvalue weighted by atomic mass is 32.2. The maximum absolute atomic E-state index is 12.4. The minimum absolute atomic E-state index is 0.285. The maximum Gasteiger partial charge on any atom is 0.271 e. The van der Waals surface area contributed by atoms with E-state index in [4.69, 9.17) is 5.26 Å². The molecule has 27 heavy (non-hydrogen) atoms. The molecule has 5 nitrogen and oxygen atoms in total. The van der Waals surface area contributed by atoms with Gasteiger partial charge in [-0.3, -0.25) is 4.72 Å². The molecule has 0 atom stereocenters. The number of aryl methyl sites for hydroxylation is 1. The minimum atomic E-state index is -3.58. The fourth-order valence-corrected chi connectivity index (χ4v) is 5.07. The van der Waals surface area contributed by atoms with Crippen molar-refractivity contribution in [3.63, 3.8) is 0 Å². The quantitative estimate of drug-likeness (QED) is 0.551. The highest BCUT2D eigenvalue weighted by Gasteiger charge is 2.16. The molecule has 0 unspecified atom stereocenters. The Hall–Kier alpha value is -3.08. The van der Waals surface area contributed by atoms with Gasteiger partial charge in [0.25, 0.3) is 10.0 Å². The van der Waals surface area contributed by atoms with Gasteiger partial charge in [-0.25, -0.2) is 8.42 Å². The number of aromatic nitrogens is 1. The summed E-state index contributed by atoms with van der Waals surface area (Å²) in [6, 6.07) is 18.3. The molecule has 0 saturated carbocycles. The van der Waals surface area contributed by atoms with Gasteiger partial charge >= 0.3 is 0 Å². The Bertz CT molecular complexity index is 1260. The summed E-state index contributed by atoms with van der Waals surface area (Å²) in [7, 11) is -1.65. The van der Waals surface area contributed by atoms with Crippen LogP contribution in [0.1, 0.15) is 5.56 Å². The zero-order valence-electron chi connectivity index (χ0n) is 14.4. The van der Waals surface area contributed by atoms with E-state index in [1.54, 1.807) is 35.7 Å². The van der Waals surface area contributed by atoms with Gasteiger partial charge in [0, 0.05) is 24.2 Å². The molecule has 0 amide bonds. The normalized spacial score (nSPS) is 11.4. The topological polar surface area (TPSA) is 74.9 Å². The van der Waals surface area contributed by atoms with Crippen LogP contribution in [0.2, 0.25) is 0 Å². The highest BCUT2D eigenvalue weighted by Crippen LogP contribution is 2.32. The molecular formula is C20H15N3O2S2. The van der Waals surface area contributed by atoms with Gasteiger partial charge < -0.3 is 4.57 Å². The SMILES string of the molecule is Cn1cc(-c2ccc(C#N)cc2)c2ccc(NS(=O)(=O)c3cccs3)cc21. The van der Waals surface area contributed by atoms with Gasteiger partial charge in [0.2, 0.25) is 0 Å². The first kappa shape index (κ1) is 17.3. The lowest BCUT2D eigenvalue weighted by atomic mass is 10.0. The lowest BCUT2D eigenvalue weighted by Crippen LogP contribution is -2.11. The van der Waals surface area contributed by atoms with Crippen molar-refractivity contribution in [1.29, 1.82) is 5.26 Å². The molecule has 0 saturated heterocycles. The van der Waals surface area contributed by atoms with E-state index in [2.05, 4.69) is 10.8 Å². The molecule has 0 spiro atoms. The highest BCUT2D eigenvalue weighted by molar-refractivity contribution is 7.94.